The first-order chi connectivity index (χ1) is 13.5. The van der Waals surface area contributed by atoms with Gasteiger partial charge in [0.15, 0.2) is 5.82 Å². The van der Waals surface area contributed by atoms with Crippen LogP contribution in [0.5, 0.6) is 0 Å². The highest BCUT2D eigenvalue weighted by atomic mass is 19.1. The number of H-pyrrole nitrogens is 1. The van der Waals surface area contributed by atoms with E-state index < -0.39 is 11.9 Å². The van der Waals surface area contributed by atoms with Crippen LogP contribution in [0.25, 0.3) is 11.0 Å². The Balaban J connectivity index is 1.71. The van der Waals surface area contributed by atoms with Crippen LogP contribution < -0.4 is 16.2 Å². The molecule has 28 heavy (non-hydrogen) atoms. The topological polar surface area (TPSA) is 126 Å². The van der Waals surface area contributed by atoms with Crippen molar-refractivity contribution in [2.24, 2.45) is 7.05 Å². The number of halogens is 1. The van der Waals surface area contributed by atoms with Crippen LogP contribution in [0.15, 0.2) is 41.8 Å². The van der Waals surface area contributed by atoms with Crippen molar-refractivity contribution in [1.82, 2.24) is 34.5 Å². The van der Waals surface area contributed by atoms with Gasteiger partial charge in [-0.05, 0) is 13.0 Å². The lowest BCUT2D eigenvalue weighted by Gasteiger charge is -2.14. The SMILES string of the molecule is C[C@H](Nc1nc(Nc2cn(C)cn2)c2ccc(=O)[nH]c2n1)c1ncc(F)cn1. The summed E-state index contributed by atoms with van der Waals surface area (Å²) in [7, 11) is 1.85. The third-order valence-electron chi connectivity index (χ3n) is 3.91. The second-order valence-electron chi connectivity index (χ2n) is 6.16. The fourth-order valence-electron chi connectivity index (χ4n) is 2.60. The highest BCUT2D eigenvalue weighted by Gasteiger charge is 2.14. The van der Waals surface area contributed by atoms with Crippen molar-refractivity contribution in [3.63, 3.8) is 0 Å². The third kappa shape index (κ3) is 3.63. The molecule has 11 heteroatoms. The quantitative estimate of drug-likeness (QED) is 0.478. The summed E-state index contributed by atoms with van der Waals surface area (Å²) in [6.45, 7) is 1.79. The van der Waals surface area contributed by atoms with Crippen molar-refractivity contribution in [2.45, 2.75) is 13.0 Å². The minimum absolute atomic E-state index is 0.244. The van der Waals surface area contributed by atoms with Crippen LogP contribution in [0.1, 0.15) is 18.8 Å². The lowest BCUT2D eigenvalue weighted by atomic mass is 10.3. The second-order valence-corrected chi connectivity index (χ2v) is 6.16. The fraction of sp³-hybridized carbons (Fsp3) is 0.176. The Hall–Kier alpha value is -3.89. The number of aromatic nitrogens is 7. The van der Waals surface area contributed by atoms with Crippen LogP contribution in [0.2, 0.25) is 0 Å². The molecule has 4 aromatic rings. The van der Waals surface area contributed by atoms with Crippen molar-refractivity contribution >= 4 is 28.6 Å². The monoisotopic (exact) mass is 381 g/mol. The summed E-state index contributed by atoms with van der Waals surface area (Å²) in [6.07, 6.45) is 5.63. The average molecular weight is 381 g/mol. The van der Waals surface area contributed by atoms with E-state index in [1.807, 2.05) is 7.05 Å². The van der Waals surface area contributed by atoms with Gasteiger partial charge in [-0.1, -0.05) is 0 Å². The first-order valence-electron chi connectivity index (χ1n) is 8.38. The summed E-state index contributed by atoms with van der Waals surface area (Å²) in [5.74, 6) is 1.17. The molecule has 0 bridgehead atoms. The molecule has 0 aliphatic carbocycles. The van der Waals surface area contributed by atoms with E-state index in [4.69, 9.17) is 0 Å². The predicted octanol–water partition coefficient (Wildman–Crippen LogP) is 1.90. The van der Waals surface area contributed by atoms with Crippen LogP contribution in [-0.2, 0) is 7.05 Å². The van der Waals surface area contributed by atoms with E-state index in [0.717, 1.165) is 12.4 Å². The number of anilines is 3. The van der Waals surface area contributed by atoms with Crippen molar-refractivity contribution in [3.8, 4) is 0 Å². The van der Waals surface area contributed by atoms with Gasteiger partial charge in [0.25, 0.3) is 0 Å². The minimum Gasteiger partial charge on any atom is -0.344 e. The van der Waals surface area contributed by atoms with Crippen molar-refractivity contribution in [2.75, 3.05) is 10.6 Å². The highest BCUT2D eigenvalue weighted by Crippen LogP contribution is 2.24. The molecule has 4 rings (SSSR count). The molecule has 0 aromatic carbocycles. The summed E-state index contributed by atoms with van der Waals surface area (Å²) in [5, 5.41) is 6.81. The Morgan fingerprint density at radius 3 is 2.68 bits per heavy atom. The summed E-state index contributed by atoms with van der Waals surface area (Å²) in [5.41, 5.74) is 0.0755. The van der Waals surface area contributed by atoms with Gasteiger partial charge in [0.1, 0.15) is 23.1 Å². The lowest BCUT2D eigenvalue weighted by Crippen LogP contribution is -2.14. The molecule has 0 unspecified atom stereocenters. The maximum absolute atomic E-state index is 13.0. The maximum Gasteiger partial charge on any atom is 0.249 e. The van der Waals surface area contributed by atoms with Crippen molar-refractivity contribution in [3.05, 3.63) is 59.0 Å². The molecule has 0 aliphatic rings. The van der Waals surface area contributed by atoms with Gasteiger partial charge in [0.05, 0.1) is 30.1 Å². The Labute approximate surface area is 157 Å². The molecule has 0 saturated heterocycles. The summed E-state index contributed by atoms with van der Waals surface area (Å²) in [4.78, 5) is 35.4. The van der Waals surface area contributed by atoms with Gasteiger partial charge in [-0.15, -0.1) is 0 Å². The number of pyridine rings is 1. The number of fused-ring (bicyclic) bond motifs is 1. The van der Waals surface area contributed by atoms with Gasteiger partial charge in [-0.3, -0.25) is 4.79 Å². The molecule has 0 amide bonds. The van der Waals surface area contributed by atoms with E-state index in [9.17, 15) is 9.18 Å². The highest BCUT2D eigenvalue weighted by molar-refractivity contribution is 5.88. The van der Waals surface area contributed by atoms with Gasteiger partial charge in [0.2, 0.25) is 11.5 Å². The summed E-state index contributed by atoms with van der Waals surface area (Å²) < 4.78 is 14.8. The van der Waals surface area contributed by atoms with Gasteiger partial charge in [-0.25, -0.2) is 19.3 Å². The Morgan fingerprint density at radius 1 is 1.18 bits per heavy atom. The van der Waals surface area contributed by atoms with E-state index in [2.05, 4.69) is 40.5 Å². The zero-order valence-corrected chi connectivity index (χ0v) is 15.0. The van der Waals surface area contributed by atoms with Crippen LogP contribution in [0.3, 0.4) is 0 Å². The number of hydrogen-bond donors (Lipinski definition) is 3. The van der Waals surface area contributed by atoms with Crippen molar-refractivity contribution < 1.29 is 4.39 Å². The summed E-state index contributed by atoms with van der Waals surface area (Å²) in [6, 6.07) is 2.64. The Kier molecular flexibility index (Phi) is 4.39. The largest absolute Gasteiger partial charge is 0.344 e. The maximum atomic E-state index is 13.0. The first kappa shape index (κ1) is 17.5. The third-order valence-corrected chi connectivity index (χ3v) is 3.91. The Bertz CT molecular complexity index is 1190. The van der Waals surface area contributed by atoms with Gasteiger partial charge >= 0.3 is 0 Å². The molecule has 0 fully saturated rings. The Morgan fingerprint density at radius 2 is 1.96 bits per heavy atom. The minimum atomic E-state index is -0.516. The van der Waals surface area contributed by atoms with Crippen LogP contribution in [0.4, 0.5) is 22.0 Å². The molecule has 0 spiro atoms. The summed E-state index contributed by atoms with van der Waals surface area (Å²) >= 11 is 0. The van der Waals surface area contributed by atoms with Crippen LogP contribution in [0, 0.1) is 5.82 Å². The molecule has 0 radical (unpaired) electrons. The van der Waals surface area contributed by atoms with Crippen LogP contribution >= 0.6 is 0 Å². The van der Waals surface area contributed by atoms with E-state index in [1.54, 1.807) is 30.1 Å². The van der Waals surface area contributed by atoms with E-state index in [1.165, 1.54) is 6.07 Å². The zero-order chi connectivity index (χ0) is 19.7. The smallest absolute Gasteiger partial charge is 0.249 e. The number of aromatic amines is 1. The van der Waals surface area contributed by atoms with E-state index >= 15 is 0 Å². The lowest BCUT2D eigenvalue weighted by molar-refractivity contribution is 0.604. The molecule has 4 heterocycles. The zero-order valence-electron chi connectivity index (χ0n) is 15.0. The van der Waals surface area contributed by atoms with E-state index in [-0.39, 0.29) is 11.5 Å². The van der Waals surface area contributed by atoms with Crippen molar-refractivity contribution in [1.29, 1.82) is 0 Å². The average Bonchev–Trinajstić information content (AvgIpc) is 3.06. The molecule has 3 N–H and O–H groups in total. The molecule has 1 atom stereocenters. The molecular weight excluding hydrogens is 365 g/mol. The number of hydrogen-bond acceptors (Lipinski definition) is 8. The number of nitrogens with zero attached hydrogens (tertiary/aromatic N) is 6. The normalized spacial score (nSPS) is 12.1. The molecule has 10 nitrogen and oxygen atoms in total. The molecular formula is C17H16FN9O. The number of nitrogens with one attached hydrogen (secondary N) is 3. The van der Waals surface area contributed by atoms with Gasteiger partial charge in [0, 0.05) is 19.3 Å². The van der Waals surface area contributed by atoms with Crippen LogP contribution in [-0.4, -0.2) is 34.5 Å². The molecule has 0 aliphatic heterocycles. The molecule has 0 saturated carbocycles. The second kappa shape index (κ2) is 7.02. The van der Waals surface area contributed by atoms with Gasteiger partial charge < -0.3 is 20.2 Å². The number of aryl methyl sites for hydroxylation is 1. The first-order valence-corrected chi connectivity index (χ1v) is 8.38. The van der Waals surface area contributed by atoms with E-state index in [0.29, 0.717) is 28.5 Å². The number of imidazole rings is 1. The predicted molar refractivity (Wildman–Crippen MR) is 101 cm³/mol. The van der Waals surface area contributed by atoms with Gasteiger partial charge in [-0.2, -0.15) is 9.97 Å². The molecule has 142 valence electrons. The standard InChI is InChI=1S/C17H16FN9O/c1-9(14-19-5-10(18)6-20-14)22-17-25-15(23-12-7-27(2)8-21-12)11-3-4-13(28)24-16(11)26-17/h3-9H,1-2H3,(H3,22,23,24,25,26,28)/t9-/m0/s1. The molecule has 4 aromatic heterocycles. The fourth-order valence-corrected chi connectivity index (χ4v) is 2.60. The number of rotatable bonds is 5.